The second-order valence-electron chi connectivity index (χ2n) is 6.10. The van der Waals surface area contributed by atoms with E-state index >= 15 is 2.86 Å². The molecule has 27 heavy (non-hydrogen) atoms. The predicted octanol–water partition coefficient (Wildman–Crippen LogP) is -0.264. The zero-order valence-electron chi connectivity index (χ0n) is 13.8. The van der Waals surface area contributed by atoms with Crippen molar-refractivity contribution in [3.05, 3.63) is 54.7 Å². The molecule has 2 heterocycles. The molecule has 4 rings (SSSR count). The van der Waals surface area contributed by atoms with Crippen molar-refractivity contribution < 1.29 is 53.1 Å². The molecule has 0 atom stereocenters. The third-order valence-corrected chi connectivity index (χ3v) is 14.6. The summed E-state index contributed by atoms with van der Waals surface area (Å²) >= 11 is -6.42. The zero-order valence-corrected chi connectivity index (χ0v) is 16.7. The van der Waals surface area contributed by atoms with Crippen molar-refractivity contribution in [2.45, 2.75) is 16.1 Å². The number of hydrogen-bond acceptors (Lipinski definition) is 5. The van der Waals surface area contributed by atoms with E-state index < -0.39 is 39.5 Å². The number of fused-ring (bicyclic) bond motifs is 2. The molecule has 0 N–H and O–H groups in total. The molecule has 5 nitrogen and oxygen atoms in total. The molecule has 0 aromatic heterocycles. The van der Waals surface area contributed by atoms with Crippen LogP contribution in [0.25, 0.3) is 0 Å². The Balaban J connectivity index is 1.96. The topological polar surface area (TPSA) is 75.7 Å². The van der Waals surface area contributed by atoms with Gasteiger partial charge in [0.15, 0.2) is 0 Å². The SMILES string of the molecule is O=S(=O)([O-])C(F)(F)[I-](F)(c1ccc2c(c1)OCC2)c1ccc2c(c1)OCC2. The van der Waals surface area contributed by atoms with Crippen molar-refractivity contribution >= 4 is 10.1 Å². The first-order valence-corrected chi connectivity index (χ1v) is 13.4. The van der Waals surface area contributed by atoms with Gasteiger partial charge in [-0.3, -0.25) is 0 Å². The van der Waals surface area contributed by atoms with Crippen LogP contribution in [0.1, 0.15) is 11.1 Å². The monoisotopic (exact) mass is 514 g/mol. The van der Waals surface area contributed by atoms with Crippen LogP contribution >= 0.6 is 0 Å². The van der Waals surface area contributed by atoms with Gasteiger partial charge in [0, 0.05) is 0 Å². The van der Waals surface area contributed by atoms with Crippen LogP contribution in [-0.4, -0.2) is 29.4 Å². The standard InChI is InChI=1S/C17H15F3IO5S/c18-17(19,27(22,23)24)21(20,13-3-1-11-5-7-25-15(11)9-13)14-4-2-12-6-8-26-16(12)10-14/h1-4,9-10H,5-8H2,(H,22,23,24)/q-1/p-1. The van der Waals surface area contributed by atoms with E-state index in [2.05, 4.69) is 0 Å². The van der Waals surface area contributed by atoms with Gasteiger partial charge in [0.1, 0.15) is 0 Å². The third kappa shape index (κ3) is 2.80. The molecule has 0 amide bonds. The molecule has 0 fully saturated rings. The average molecular weight is 514 g/mol. The average Bonchev–Trinajstić information content (AvgIpc) is 3.27. The number of hydrogen-bond donors (Lipinski definition) is 0. The van der Waals surface area contributed by atoms with E-state index in [1.54, 1.807) is 0 Å². The van der Waals surface area contributed by atoms with Gasteiger partial charge in [-0.25, -0.2) is 0 Å². The van der Waals surface area contributed by atoms with Crippen molar-refractivity contribution in [3.8, 4) is 11.5 Å². The van der Waals surface area contributed by atoms with Crippen LogP contribution in [0.2, 0.25) is 0 Å². The molecule has 2 aromatic rings. The Morgan fingerprint density at radius 3 is 1.78 bits per heavy atom. The Hall–Kier alpha value is -1.53. The zero-order chi connectivity index (χ0) is 19.4. The van der Waals surface area contributed by atoms with Gasteiger partial charge in [-0.15, -0.1) is 0 Å². The summed E-state index contributed by atoms with van der Waals surface area (Å²) in [6.45, 7) is 0.653. The van der Waals surface area contributed by atoms with Gasteiger partial charge in [0.05, 0.1) is 0 Å². The Bertz CT molecular complexity index is 968. The van der Waals surface area contributed by atoms with Gasteiger partial charge >= 0.3 is 159 Å². The summed E-state index contributed by atoms with van der Waals surface area (Å²) in [7, 11) is -6.24. The van der Waals surface area contributed by atoms with Gasteiger partial charge in [-0.05, 0) is 0 Å². The van der Waals surface area contributed by atoms with Crippen molar-refractivity contribution in [1.29, 1.82) is 0 Å². The Kier molecular flexibility index (Phi) is 4.35. The molecule has 0 saturated carbocycles. The van der Waals surface area contributed by atoms with Crippen LogP contribution in [0.5, 0.6) is 11.5 Å². The van der Waals surface area contributed by atoms with Gasteiger partial charge in [0.2, 0.25) is 0 Å². The van der Waals surface area contributed by atoms with Crippen LogP contribution in [0.15, 0.2) is 36.4 Å². The fourth-order valence-corrected chi connectivity index (χ4v) is 11.7. The van der Waals surface area contributed by atoms with E-state index in [0.717, 1.165) is 24.3 Å². The van der Waals surface area contributed by atoms with Crippen molar-refractivity contribution in [2.75, 3.05) is 13.2 Å². The quantitative estimate of drug-likeness (QED) is 0.320. The maximum atomic E-state index is 16.2. The third-order valence-electron chi connectivity index (χ3n) is 4.50. The van der Waals surface area contributed by atoms with Gasteiger partial charge in [-0.2, -0.15) is 0 Å². The molecule has 0 bridgehead atoms. The summed E-state index contributed by atoms with van der Waals surface area (Å²) < 4.78 is 84.4. The number of benzene rings is 2. The molecule has 2 aromatic carbocycles. The Morgan fingerprint density at radius 2 is 1.37 bits per heavy atom. The fourth-order valence-electron chi connectivity index (χ4n) is 3.11. The molecule has 2 aliphatic rings. The van der Waals surface area contributed by atoms with Crippen molar-refractivity contribution in [3.63, 3.8) is 0 Å². The van der Waals surface area contributed by atoms with Crippen LogP contribution in [0.3, 0.4) is 0 Å². The second-order valence-corrected chi connectivity index (χ2v) is 14.9. The first kappa shape index (κ1) is 18.8. The van der Waals surface area contributed by atoms with Crippen LogP contribution in [0.4, 0.5) is 11.6 Å². The molecule has 0 radical (unpaired) electrons. The number of halogens is 4. The molecule has 0 unspecified atom stereocenters. The van der Waals surface area contributed by atoms with E-state index in [9.17, 15) is 21.8 Å². The van der Waals surface area contributed by atoms with E-state index in [1.165, 1.54) is 12.1 Å². The summed E-state index contributed by atoms with van der Waals surface area (Å²) in [5, 5.41) is 0. The summed E-state index contributed by atoms with van der Waals surface area (Å²) in [4.78, 5) is 0. The van der Waals surface area contributed by atoms with Gasteiger partial charge in [-0.1, -0.05) is 0 Å². The van der Waals surface area contributed by atoms with Crippen molar-refractivity contribution in [1.82, 2.24) is 0 Å². The molecule has 10 heteroatoms. The van der Waals surface area contributed by atoms with Crippen molar-refractivity contribution in [2.24, 2.45) is 0 Å². The van der Waals surface area contributed by atoms with E-state index in [4.69, 9.17) is 9.47 Å². The Labute approximate surface area is 158 Å². The van der Waals surface area contributed by atoms with Gasteiger partial charge in [0.25, 0.3) is 0 Å². The van der Waals surface area contributed by atoms with Crippen LogP contribution in [-0.2, 0) is 23.0 Å². The normalized spacial score (nSPS) is 17.0. The first-order chi connectivity index (χ1) is 12.6. The number of ether oxygens (including phenoxy) is 2. The Morgan fingerprint density at radius 1 is 0.926 bits per heavy atom. The van der Waals surface area contributed by atoms with Gasteiger partial charge < -0.3 is 0 Å². The summed E-state index contributed by atoms with van der Waals surface area (Å²) in [6.07, 6.45) is 1.09. The minimum atomic E-state index is -6.42. The molecule has 0 spiro atoms. The molecular formula is C17H14F3IO5S-2. The molecule has 2 aliphatic heterocycles. The van der Waals surface area contributed by atoms with E-state index in [-0.39, 0.29) is 11.5 Å². The number of alkyl halides is 3. The summed E-state index contributed by atoms with van der Waals surface area (Å²) in [6, 6.07) is 7.35. The van der Waals surface area contributed by atoms with E-state index in [0.29, 0.717) is 37.2 Å². The summed E-state index contributed by atoms with van der Waals surface area (Å²) in [5.74, 6) is 0.462. The predicted molar refractivity (Wildman–Crippen MR) is 84.4 cm³/mol. The summed E-state index contributed by atoms with van der Waals surface area (Å²) in [5.41, 5.74) is 1.43. The fraction of sp³-hybridized carbons (Fsp3) is 0.294. The van der Waals surface area contributed by atoms with Crippen LogP contribution in [0, 0.1) is 7.14 Å². The number of rotatable bonds is 4. The maximum absolute atomic E-state index is 16.2. The molecule has 0 aliphatic carbocycles. The minimum absolute atomic E-state index is 0.231. The van der Waals surface area contributed by atoms with E-state index in [1.807, 2.05) is 0 Å². The first-order valence-electron chi connectivity index (χ1n) is 7.96. The molecular weight excluding hydrogens is 500 g/mol. The van der Waals surface area contributed by atoms with Crippen LogP contribution < -0.4 is 28.5 Å². The second kappa shape index (κ2) is 6.24. The molecule has 0 saturated heterocycles. The molecule has 148 valence electrons.